The lowest BCUT2D eigenvalue weighted by Crippen LogP contribution is -2.21. The Kier molecular flexibility index (Phi) is 9.09. The van der Waals surface area contributed by atoms with Gasteiger partial charge in [-0.15, -0.1) is 0 Å². The number of aromatic hydroxyl groups is 1. The number of hydrogen-bond acceptors (Lipinski definition) is 4. The molecule has 1 aliphatic carbocycles. The summed E-state index contributed by atoms with van der Waals surface area (Å²) in [5, 5.41) is 13.6. The molecule has 0 amide bonds. The fourth-order valence-corrected chi connectivity index (χ4v) is 4.94. The minimum absolute atomic E-state index is 0.328. The molecule has 0 atom stereocenters. The van der Waals surface area contributed by atoms with Crippen molar-refractivity contribution in [2.24, 2.45) is 0 Å². The highest BCUT2D eigenvalue weighted by Crippen LogP contribution is 2.42. The van der Waals surface area contributed by atoms with Crippen molar-refractivity contribution in [1.82, 2.24) is 10.2 Å². The zero-order chi connectivity index (χ0) is 27.1. The fourth-order valence-electron chi connectivity index (χ4n) is 4.94. The Hall–Kier alpha value is -3.76. The van der Waals surface area contributed by atoms with Crippen LogP contribution in [0, 0.1) is 13.8 Å². The van der Waals surface area contributed by atoms with E-state index in [1.807, 2.05) is 31.1 Å². The second kappa shape index (κ2) is 12.7. The van der Waals surface area contributed by atoms with Gasteiger partial charge in [-0.3, -0.25) is 0 Å². The fraction of sp³-hybridized carbons (Fsp3) is 0.294. The number of fused-ring (bicyclic) bond motifs is 1. The minimum Gasteiger partial charge on any atom is -0.508 e. The van der Waals surface area contributed by atoms with Gasteiger partial charge in [-0.25, -0.2) is 0 Å². The number of nitrogens with zero attached hydrogens (tertiary/aromatic N) is 1. The van der Waals surface area contributed by atoms with Crippen molar-refractivity contribution in [1.29, 1.82) is 0 Å². The molecule has 0 spiro atoms. The molecule has 3 aromatic carbocycles. The molecule has 4 heteroatoms. The van der Waals surface area contributed by atoms with Crippen LogP contribution in [-0.4, -0.2) is 43.8 Å². The maximum Gasteiger partial charge on any atom is 0.119 e. The molecule has 4 nitrogen and oxygen atoms in total. The molecule has 0 bridgehead atoms. The third kappa shape index (κ3) is 6.56. The third-order valence-electron chi connectivity index (χ3n) is 7.30. The number of hydrogen-bond donors (Lipinski definition) is 2. The van der Waals surface area contributed by atoms with Crippen molar-refractivity contribution >= 4 is 11.1 Å². The number of nitrogens with one attached hydrogen (secondary N) is 1. The number of benzene rings is 3. The van der Waals surface area contributed by atoms with Crippen LogP contribution in [0.25, 0.3) is 11.1 Å². The van der Waals surface area contributed by atoms with Crippen molar-refractivity contribution in [2.45, 2.75) is 33.1 Å². The number of rotatable bonds is 10. The van der Waals surface area contributed by atoms with E-state index in [1.54, 1.807) is 6.07 Å². The molecule has 2 N–H and O–H groups in total. The zero-order valence-corrected chi connectivity index (χ0v) is 23.2. The van der Waals surface area contributed by atoms with Gasteiger partial charge in [0.1, 0.15) is 18.1 Å². The van der Waals surface area contributed by atoms with Crippen molar-refractivity contribution in [3.05, 3.63) is 118 Å². The van der Waals surface area contributed by atoms with Crippen molar-refractivity contribution in [2.75, 3.05) is 33.8 Å². The van der Waals surface area contributed by atoms with Crippen LogP contribution in [0.4, 0.5) is 0 Å². The van der Waals surface area contributed by atoms with E-state index in [0.717, 1.165) is 43.8 Å². The van der Waals surface area contributed by atoms with Gasteiger partial charge < -0.3 is 20.1 Å². The Labute approximate surface area is 228 Å². The number of phenols is 1. The standard InChI is InChI=1S/C34H40N2O2/c1-24-9-6-12-31(26(24)3)33-13-7-11-28-23-29(37)16-19-32(28)34(33)27-14-17-30(18-15-27)38-22-21-35-20-8-10-25(2)36(4)5/h6,8-10,12,14-19,23,35,37H,2,7,11,13,20-22H2,1,3-5H3/b10-8+. The highest BCUT2D eigenvalue weighted by atomic mass is 16.5. The van der Waals surface area contributed by atoms with Gasteiger partial charge in [-0.1, -0.05) is 49.1 Å². The normalized spacial score (nSPS) is 13.4. The van der Waals surface area contributed by atoms with Crippen molar-refractivity contribution < 1.29 is 9.84 Å². The van der Waals surface area contributed by atoms with Gasteiger partial charge in [0.2, 0.25) is 0 Å². The zero-order valence-electron chi connectivity index (χ0n) is 23.2. The maximum atomic E-state index is 10.2. The number of likely N-dealkylation sites (N-methyl/N-ethyl adjacent to an activating group) is 1. The lowest BCUT2D eigenvalue weighted by molar-refractivity contribution is 0.316. The Bertz CT molecular complexity index is 1330. The number of aryl methyl sites for hydroxylation is 2. The highest BCUT2D eigenvalue weighted by Gasteiger charge is 2.21. The molecule has 1 aliphatic rings. The first-order valence-electron chi connectivity index (χ1n) is 13.4. The molecule has 4 rings (SSSR count). The summed E-state index contributed by atoms with van der Waals surface area (Å²) in [5.41, 5.74) is 11.1. The van der Waals surface area contributed by atoms with E-state index in [4.69, 9.17) is 4.74 Å². The maximum absolute atomic E-state index is 10.2. The Balaban J connectivity index is 1.54. The van der Waals surface area contributed by atoms with Gasteiger partial charge in [0.05, 0.1) is 0 Å². The van der Waals surface area contributed by atoms with Crippen LogP contribution < -0.4 is 10.1 Å². The summed E-state index contributed by atoms with van der Waals surface area (Å²) < 4.78 is 6.01. The van der Waals surface area contributed by atoms with Crippen LogP contribution in [0.15, 0.2) is 85.1 Å². The van der Waals surface area contributed by atoms with Crippen LogP contribution >= 0.6 is 0 Å². The van der Waals surface area contributed by atoms with E-state index in [2.05, 4.69) is 80.4 Å². The summed E-state index contributed by atoms with van der Waals surface area (Å²) in [6.45, 7) is 10.5. The monoisotopic (exact) mass is 508 g/mol. The number of ether oxygens (including phenoxy) is 1. The SMILES string of the molecule is C=C(/C=C/CNCCOc1ccc(C2=C(c3cccc(C)c3C)CCCc3cc(O)ccc32)cc1)N(C)C. The average Bonchev–Trinajstić information content (AvgIpc) is 3.09. The molecule has 3 aromatic rings. The molecule has 0 saturated carbocycles. The molecule has 0 fully saturated rings. The van der Waals surface area contributed by atoms with Crippen molar-refractivity contribution in [3.8, 4) is 11.5 Å². The van der Waals surface area contributed by atoms with Crippen molar-refractivity contribution in [3.63, 3.8) is 0 Å². The number of allylic oxidation sites excluding steroid dienone is 2. The van der Waals surface area contributed by atoms with Gasteiger partial charge in [-0.2, -0.15) is 0 Å². The topological polar surface area (TPSA) is 44.7 Å². The molecular formula is C34H40N2O2. The molecule has 0 heterocycles. The van der Waals surface area contributed by atoms with Gasteiger partial charge >= 0.3 is 0 Å². The summed E-state index contributed by atoms with van der Waals surface area (Å²) in [6, 6.07) is 20.9. The molecule has 0 radical (unpaired) electrons. The van der Waals surface area contributed by atoms with Crippen LogP contribution in [0.1, 0.15) is 46.2 Å². The van der Waals surface area contributed by atoms with E-state index in [0.29, 0.717) is 12.4 Å². The molecule has 198 valence electrons. The summed E-state index contributed by atoms with van der Waals surface area (Å²) >= 11 is 0. The molecule has 0 unspecified atom stereocenters. The van der Waals surface area contributed by atoms with E-state index in [-0.39, 0.29) is 0 Å². The average molecular weight is 509 g/mol. The molecular weight excluding hydrogens is 468 g/mol. The first-order valence-corrected chi connectivity index (χ1v) is 13.4. The quantitative estimate of drug-likeness (QED) is 0.231. The minimum atomic E-state index is 0.328. The van der Waals surface area contributed by atoms with E-state index in [9.17, 15) is 5.11 Å². The molecule has 0 aliphatic heterocycles. The lowest BCUT2D eigenvalue weighted by Gasteiger charge is -2.19. The second-order valence-electron chi connectivity index (χ2n) is 10.2. The smallest absolute Gasteiger partial charge is 0.119 e. The number of phenolic OH excluding ortho intramolecular Hbond substituents is 1. The third-order valence-corrected chi connectivity index (χ3v) is 7.30. The van der Waals surface area contributed by atoms with Crippen LogP contribution in [-0.2, 0) is 6.42 Å². The predicted molar refractivity (Wildman–Crippen MR) is 160 cm³/mol. The van der Waals surface area contributed by atoms with Gasteiger partial charge in [0.25, 0.3) is 0 Å². The van der Waals surface area contributed by atoms with Crippen LogP contribution in [0.3, 0.4) is 0 Å². The van der Waals surface area contributed by atoms with Gasteiger partial charge in [0, 0.05) is 32.9 Å². The Morgan fingerprint density at radius 1 is 1.03 bits per heavy atom. The molecule has 38 heavy (non-hydrogen) atoms. The van der Waals surface area contributed by atoms with E-state index < -0.39 is 0 Å². The second-order valence-corrected chi connectivity index (χ2v) is 10.2. The first kappa shape index (κ1) is 27.3. The largest absolute Gasteiger partial charge is 0.508 e. The van der Waals surface area contributed by atoms with Crippen LogP contribution in [0.2, 0.25) is 0 Å². The summed E-state index contributed by atoms with van der Waals surface area (Å²) in [7, 11) is 3.97. The van der Waals surface area contributed by atoms with E-state index >= 15 is 0 Å². The van der Waals surface area contributed by atoms with Gasteiger partial charge in [-0.05, 0) is 108 Å². The molecule has 0 aromatic heterocycles. The predicted octanol–water partition coefficient (Wildman–Crippen LogP) is 6.90. The first-order chi connectivity index (χ1) is 18.3. The highest BCUT2D eigenvalue weighted by molar-refractivity contribution is 6.00. The Morgan fingerprint density at radius 2 is 1.82 bits per heavy atom. The van der Waals surface area contributed by atoms with Crippen LogP contribution in [0.5, 0.6) is 11.5 Å². The van der Waals surface area contributed by atoms with E-state index in [1.165, 1.54) is 44.5 Å². The lowest BCUT2D eigenvalue weighted by atomic mass is 9.85. The summed E-state index contributed by atoms with van der Waals surface area (Å²) in [6.07, 6.45) is 7.09. The molecule has 0 saturated heterocycles. The summed E-state index contributed by atoms with van der Waals surface area (Å²) in [4.78, 5) is 1.99. The van der Waals surface area contributed by atoms with Gasteiger partial charge in [0.15, 0.2) is 0 Å². The Morgan fingerprint density at radius 3 is 2.58 bits per heavy atom. The summed E-state index contributed by atoms with van der Waals surface area (Å²) in [5.74, 6) is 1.19.